The molecule has 0 radical (unpaired) electrons. The maximum absolute atomic E-state index is 12.4. The third-order valence-electron chi connectivity index (χ3n) is 3.49. The van der Waals surface area contributed by atoms with Crippen LogP contribution in [0.2, 0.25) is 5.15 Å². The third-order valence-corrected chi connectivity index (χ3v) is 3.78. The lowest BCUT2D eigenvalue weighted by molar-refractivity contribution is 0.485. The monoisotopic (exact) mass is 270 g/mol. The van der Waals surface area contributed by atoms with Gasteiger partial charge in [-0.25, -0.2) is 4.79 Å². The minimum absolute atomic E-state index is 0.204. The van der Waals surface area contributed by atoms with Gasteiger partial charge in [-0.1, -0.05) is 38.3 Å². The SMILES string of the molecule is CC(C)Cn1c(=O)[nH]c(Cl)c(C2CCCC2)c1=O. The summed E-state index contributed by atoms with van der Waals surface area (Å²) in [4.78, 5) is 26.8. The van der Waals surface area contributed by atoms with Crippen molar-refractivity contribution < 1.29 is 0 Å². The molecule has 1 aromatic rings. The van der Waals surface area contributed by atoms with E-state index in [-0.39, 0.29) is 22.5 Å². The molecule has 1 N–H and O–H groups in total. The molecule has 1 heterocycles. The van der Waals surface area contributed by atoms with Crippen molar-refractivity contribution in [1.29, 1.82) is 0 Å². The van der Waals surface area contributed by atoms with Crippen molar-refractivity contribution in [2.45, 2.75) is 52.0 Å². The first-order valence-electron chi connectivity index (χ1n) is 6.53. The molecular weight excluding hydrogens is 252 g/mol. The third kappa shape index (κ3) is 2.53. The highest BCUT2D eigenvalue weighted by Crippen LogP contribution is 2.34. The Balaban J connectivity index is 2.52. The van der Waals surface area contributed by atoms with Gasteiger partial charge in [-0.05, 0) is 24.7 Å². The van der Waals surface area contributed by atoms with Crippen molar-refractivity contribution in [3.63, 3.8) is 0 Å². The molecule has 1 aliphatic carbocycles. The van der Waals surface area contributed by atoms with Gasteiger partial charge in [0.05, 0.1) is 5.56 Å². The van der Waals surface area contributed by atoms with Crippen LogP contribution in [0.3, 0.4) is 0 Å². The van der Waals surface area contributed by atoms with Crippen LogP contribution < -0.4 is 11.2 Å². The normalized spacial score (nSPS) is 16.7. The van der Waals surface area contributed by atoms with E-state index < -0.39 is 5.69 Å². The zero-order chi connectivity index (χ0) is 13.3. The molecule has 0 unspecified atom stereocenters. The molecule has 1 saturated carbocycles. The Morgan fingerprint density at radius 3 is 2.50 bits per heavy atom. The number of hydrogen-bond donors (Lipinski definition) is 1. The van der Waals surface area contributed by atoms with Gasteiger partial charge < -0.3 is 0 Å². The van der Waals surface area contributed by atoms with Crippen LogP contribution in [-0.2, 0) is 6.54 Å². The number of aromatic nitrogens is 2. The summed E-state index contributed by atoms with van der Waals surface area (Å²) in [5.41, 5.74) is -0.000728. The quantitative estimate of drug-likeness (QED) is 0.858. The van der Waals surface area contributed by atoms with E-state index in [1.54, 1.807) is 0 Å². The van der Waals surface area contributed by atoms with E-state index in [1.807, 2.05) is 13.8 Å². The molecule has 1 aliphatic rings. The van der Waals surface area contributed by atoms with Crippen molar-refractivity contribution in [3.8, 4) is 0 Å². The van der Waals surface area contributed by atoms with Crippen LogP contribution in [0.15, 0.2) is 9.59 Å². The maximum atomic E-state index is 12.4. The van der Waals surface area contributed by atoms with Gasteiger partial charge in [0, 0.05) is 6.54 Å². The molecule has 0 aromatic carbocycles. The standard InChI is InChI=1S/C13H19ClN2O2/c1-8(2)7-16-12(17)10(9-5-3-4-6-9)11(14)15-13(16)18/h8-9H,3-7H2,1-2H3,(H,15,18). The number of H-pyrrole nitrogens is 1. The Morgan fingerprint density at radius 2 is 1.94 bits per heavy atom. The van der Waals surface area contributed by atoms with Gasteiger partial charge in [0.2, 0.25) is 0 Å². The van der Waals surface area contributed by atoms with Gasteiger partial charge in [-0.3, -0.25) is 14.3 Å². The summed E-state index contributed by atoms with van der Waals surface area (Å²) in [6.45, 7) is 4.40. The van der Waals surface area contributed by atoms with Gasteiger partial charge in [0.1, 0.15) is 5.15 Å². The lowest BCUT2D eigenvalue weighted by atomic mass is 10.0. The van der Waals surface area contributed by atoms with E-state index in [9.17, 15) is 9.59 Å². The molecule has 100 valence electrons. The molecule has 5 heteroatoms. The Labute approximate surface area is 111 Å². The summed E-state index contributed by atoms with van der Waals surface area (Å²) in [6.07, 6.45) is 4.23. The first-order chi connectivity index (χ1) is 8.50. The van der Waals surface area contributed by atoms with Crippen molar-refractivity contribution in [1.82, 2.24) is 9.55 Å². The van der Waals surface area contributed by atoms with E-state index in [2.05, 4.69) is 4.98 Å². The fourth-order valence-corrected chi connectivity index (χ4v) is 2.98. The van der Waals surface area contributed by atoms with Crippen molar-refractivity contribution >= 4 is 11.6 Å². The summed E-state index contributed by atoms with van der Waals surface area (Å²) < 4.78 is 1.28. The van der Waals surface area contributed by atoms with Gasteiger partial charge in [-0.2, -0.15) is 0 Å². The smallest absolute Gasteiger partial charge is 0.297 e. The molecule has 18 heavy (non-hydrogen) atoms. The van der Waals surface area contributed by atoms with E-state index >= 15 is 0 Å². The number of aromatic amines is 1. The van der Waals surface area contributed by atoms with E-state index in [0.717, 1.165) is 25.7 Å². The van der Waals surface area contributed by atoms with Gasteiger partial charge in [0.25, 0.3) is 5.56 Å². The molecule has 2 rings (SSSR count). The highest BCUT2D eigenvalue weighted by molar-refractivity contribution is 6.30. The zero-order valence-corrected chi connectivity index (χ0v) is 11.6. The van der Waals surface area contributed by atoms with E-state index in [1.165, 1.54) is 4.57 Å². The van der Waals surface area contributed by atoms with Crippen LogP contribution >= 0.6 is 11.6 Å². The van der Waals surface area contributed by atoms with Crippen LogP contribution in [0.1, 0.15) is 51.0 Å². The number of halogens is 1. The zero-order valence-electron chi connectivity index (χ0n) is 10.8. The van der Waals surface area contributed by atoms with Crippen molar-refractivity contribution in [2.75, 3.05) is 0 Å². The molecule has 0 amide bonds. The first-order valence-corrected chi connectivity index (χ1v) is 6.91. The summed E-state index contributed by atoms with van der Waals surface area (Å²) in [5, 5.41) is 0.233. The van der Waals surface area contributed by atoms with Crippen LogP contribution in [0, 0.1) is 5.92 Å². The Hall–Kier alpha value is -1.03. The highest BCUT2D eigenvalue weighted by Gasteiger charge is 2.25. The van der Waals surface area contributed by atoms with Crippen LogP contribution in [0.4, 0.5) is 0 Å². The molecule has 1 fully saturated rings. The van der Waals surface area contributed by atoms with Gasteiger partial charge in [-0.15, -0.1) is 0 Å². The van der Waals surface area contributed by atoms with Crippen molar-refractivity contribution in [3.05, 3.63) is 31.6 Å². The Bertz CT molecular complexity index is 539. The van der Waals surface area contributed by atoms with Crippen molar-refractivity contribution in [2.24, 2.45) is 5.92 Å². The average molecular weight is 271 g/mol. The van der Waals surface area contributed by atoms with E-state index in [4.69, 9.17) is 11.6 Å². The average Bonchev–Trinajstić information content (AvgIpc) is 2.77. The highest BCUT2D eigenvalue weighted by atomic mass is 35.5. The Kier molecular flexibility index (Phi) is 3.95. The fourth-order valence-electron chi connectivity index (χ4n) is 2.66. The fraction of sp³-hybridized carbons (Fsp3) is 0.692. The summed E-state index contributed by atoms with van der Waals surface area (Å²) in [5.74, 6) is 0.460. The molecule has 0 spiro atoms. The predicted molar refractivity (Wildman–Crippen MR) is 72.4 cm³/mol. The summed E-state index contributed by atoms with van der Waals surface area (Å²) in [7, 11) is 0. The molecular formula is C13H19ClN2O2. The molecule has 0 bridgehead atoms. The molecule has 4 nitrogen and oxygen atoms in total. The van der Waals surface area contributed by atoms with Crippen LogP contribution in [-0.4, -0.2) is 9.55 Å². The molecule has 0 atom stereocenters. The van der Waals surface area contributed by atoms with Crippen LogP contribution in [0.5, 0.6) is 0 Å². The lowest BCUT2D eigenvalue weighted by Crippen LogP contribution is -2.39. The topological polar surface area (TPSA) is 54.9 Å². The second-order valence-corrected chi connectivity index (χ2v) is 5.83. The first kappa shape index (κ1) is 13.4. The molecule has 0 aliphatic heterocycles. The Morgan fingerprint density at radius 1 is 1.33 bits per heavy atom. The minimum atomic E-state index is -0.402. The second-order valence-electron chi connectivity index (χ2n) is 5.45. The van der Waals surface area contributed by atoms with Gasteiger partial charge in [0.15, 0.2) is 0 Å². The largest absolute Gasteiger partial charge is 0.329 e. The summed E-state index contributed by atoms with van der Waals surface area (Å²) >= 11 is 6.05. The summed E-state index contributed by atoms with van der Waals surface area (Å²) in [6, 6.07) is 0. The number of nitrogens with one attached hydrogen (secondary N) is 1. The molecule has 0 saturated heterocycles. The number of nitrogens with zero attached hydrogens (tertiary/aromatic N) is 1. The second kappa shape index (κ2) is 5.31. The minimum Gasteiger partial charge on any atom is -0.297 e. The maximum Gasteiger partial charge on any atom is 0.329 e. The number of rotatable bonds is 3. The van der Waals surface area contributed by atoms with Crippen LogP contribution in [0.25, 0.3) is 0 Å². The molecule has 1 aromatic heterocycles. The predicted octanol–water partition coefficient (Wildman–Crippen LogP) is 2.50. The lowest BCUT2D eigenvalue weighted by Gasteiger charge is -2.14. The number of hydrogen-bond acceptors (Lipinski definition) is 2. The van der Waals surface area contributed by atoms with E-state index in [0.29, 0.717) is 12.1 Å². The van der Waals surface area contributed by atoms with Gasteiger partial charge >= 0.3 is 5.69 Å².